The van der Waals surface area contributed by atoms with Crippen LogP contribution < -0.4 is 5.32 Å². The molecular formula is C17H15FN4O2. The molecule has 1 aliphatic heterocycles. The van der Waals surface area contributed by atoms with E-state index in [0.717, 1.165) is 0 Å². The number of dihydropyridines is 1. The molecule has 122 valence electrons. The van der Waals surface area contributed by atoms with E-state index in [4.69, 9.17) is 0 Å². The maximum atomic E-state index is 14.3. The van der Waals surface area contributed by atoms with E-state index >= 15 is 0 Å². The number of para-hydroxylation sites is 2. The number of nitrogens with zero attached hydrogens (tertiary/aromatic N) is 3. The first-order valence-electron chi connectivity index (χ1n) is 7.33. The zero-order valence-electron chi connectivity index (χ0n) is 12.9. The van der Waals surface area contributed by atoms with E-state index in [1.807, 2.05) is 0 Å². The molecule has 6 nitrogen and oxygen atoms in total. The van der Waals surface area contributed by atoms with Crippen LogP contribution in [-0.4, -0.2) is 22.4 Å². The van der Waals surface area contributed by atoms with Gasteiger partial charge in [0.05, 0.1) is 10.3 Å². The SMILES string of the molecule is CC1(c2ccnc(Nc3ccccc3[N+](=O)[O-])c2)C=CC=NC1F. The maximum absolute atomic E-state index is 14.3. The Hall–Kier alpha value is -3.09. The number of nitrogens with one attached hydrogen (secondary N) is 1. The molecule has 0 saturated heterocycles. The average Bonchev–Trinajstić information content (AvgIpc) is 2.58. The van der Waals surface area contributed by atoms with Crippen molar-refractivity contribution in [1.29, 1.82) is 0 Å². The van der Waals surface area contributed by atoms with Gasteiger partial charge in [0, 0.05) is 18.5 Å². The molecule has 1 aromatic carbocycles. The first-order chi connectivity index (χ1) is 11.5. The number of nitro groups is 1. The number of aliphatic imine (C=N–C) groups is 1. The second kappa shape index (κ2) is 6.19. The van der Waals surface area contributed by atoms with E-state index in [9.17, 15) is 14.5 Å². The maximum Gasteiger partial charge on any atom is 0.292 e. The van der Waals surface area contributed by atoms with Gasteiger partial charge in [0.1, 0.15) is 11.5 Å². The Labute approximate surface area is 137 Å². The summed E-state index contributed by atoms with van der Waals surface area (Å²) in [6, 6.07) is 9.67. The van der Waals surface area contributed by atoms with Gasteiger partial charge in [-0.15, -0.1) is 0 Å². The van der Waals surface area contributed by atoms with Crippen LogP contribution in [0.1, 0.15) is 12.5 Å². The molecule has 0 aliphatic carbocycles. The Morgan fingerprint density at radius 1 is 1.33 bits per heavy atom. The van der Waals surface area contributed by atoms with E-state index < -0.39 is 16.6 Å². The summed E-state index contributed by atoms with van der Waals surface area (Å²) in [6.45, 7) is 1.74. The van der Waals surface area contributed by atoms with E-state index in [2.05, 4.69) is 15.3 Å². The number of hydrogen-bond acceptors (Lipinski definition) is 5. The van der Waals surface area contributed by atoms with E-state index in [1.165, 1.54) is 18.5 Å². The Kier molecular flexibility index (Phi) is 4.07. The molecule has 3 rings (SSSR count). The molecule has 2 aromatic rings. The summed E-state index contributed by atoms with van der Waals surface area (Å²) >= 11 is 0. The van der Waals surface area contributed by atoms with Gasteiger partial charge in [-0.25, -0.2) is 9.37 Å². The monoisotopic (exact) mass is 326 g/mol. The van der Waals surface area contributed by atoms with Gasteiger partial charge < -0.3 is 5.32 Å². The zero-order chi connectivity index (χ0) is 17.2. The molecule has 2 unspecified atom stereocenters. The lowest BCUT2D eigenvalue weighted by Crippen LogP contribution is -2.32. The number of pyridine rings is 1. The molecule has 1 aliphatic rings. The van der Waals surface area contributed by atoms with Crippen molar-refractivity contribution in [2.45, 2.75) is 18.6 Å². The summed E-state index contributed by atoms with van der Waals surface area (Å²) in [4.78, 5) is 18.6. The lowest BCUT2D eigenvalue weighted by molar-refractivity contribution is -0.383. The van der Waals surface area contributed by atoms with Crippen molar-refractivity contribution in [3.05, 3.63) is 70.4 Å². The quantitative estimate of drug-likeness (QED) is 0.524. The molecule has 0 amide bonds. The summed E-state index contributed by atoms with van der Waals surface area (Å²) in [7, 11) is 0. The number of aromatic nitrogens is 1. The van der Waals surface area contributed by atoms with Gasteiger partial charge in [0.2, 0.25) is 6.30 Å². The van der Waals surface area contributed by atoms with Gasteiger partial charge in [-0.1, -0.05) is 18.2 Å². The third-order valence-corrected chi connectivity index (χ3v) is 3.99. The highest BCUT2D eigenvalue weighted by Crippen LogP contribution is 2.35. The molecule has 24 heavy (non-hydrogen) atoms. The highest BCUT2D eigenvalue weighted by Gasteiger charge is 2.35. The fourth-order valence-corrected chi connectivity index (χ4v) is 2.55. The molecule has 0 fully saturated rings. The van der Waals surface area contributed by atoms with Gasteiger partial charge >= 0.3 is 0 Å². The van der Waals surface area contributed by atoms with Crippen molar-refractivity contribution in [3.63, 3.8) is 0 Å². The largest absolute Gasteiger partial charge is 0.335 e. The minimum atomic E-state index is -1.40. The molecular weight excluding hydrogens is 311 g/mol. The summed E-state index contributed by atoms with van der Waals surface area (Å²) in [5.41, 5.74) is 0.0449. The summed E-state index contributed by atoms with van der Waals surface area (Å²) in [5, 5.41) is 14.0. The molecule has 1 aromatic heterocycles. The minimum Gasteiger partial charge on any atom is -0.335 e. The number of rotatable bonds is 4. The third kappa shape index (κ3) is 2.88. The molecule has 0 saturated carbocycles. The Balaban J connectivity index is 1.94. The minimum absolute atomic E-state index is 0.0542. The van der Waals surface area contributed by atoms with Gasteiger partial charge in [0.25, 0.3) is 5.69 Å². The fraction of sp³-hybridized carbons (Fsp3) is 0.176. The number of benzene rings is 1. The van der Waals surface area contributed by atoms with E-state index in [0.29, 0.717) is 17.1 Å². The van der Waals surface area contributed by atoms with Crippen molar-refractivity contribution in [2.24, 2.45) is 4.99 Å². The van der Waals surface area contributed by atoms with Crippen LogP contribution in [0.4, 0.5) is 21.6 Å². The lowest BCUT2D eigenvalue weighted by Gasteiger charge is -2.29. The number of hydrogen-bond donors (Lipinski definition) is 1. The standard InChI is InChI=1S/C17H15FN4O2/c1-17(8-4-9-20-16(17)18)12-7-10-19-15(11-12)21-13-5-2-3-6-14(13)22(23)24/h2-11,16H,1H3,(H,19,21). The third-order valence-electron chi connectivity index (χ3n) is 3.99. The predicted molar refractivity (Wildman–Crippen MR) is 90.5 cm³/mol. The lowest BCUT2D eigenvalue weighted by atomic mass is 9.80. The summed E-state index contributed by atoms with van der Waals surface area (Å²) < 4.78 is 14.3. The van der Waals surface area contributed by atoms with Gasteiger partial charge in [0.15, 0.2) is 0 Å². The fourth-order valence-electron chi connectivity index (χ4n) is 2.55. The second-order valence-corrected chi connectivity index (χ2v) is 5.60. The topological polar surface area (TPSA) is 80.4 Å². The number of anilines is 2. The van der Waals surface area contributed by atoms with Crippen LogP contribution >= 0.6 is 0 Å². The normalized spacial score (nSPS) is 22.3. The molecule has 0 spiro atoms. The smallest absolute Gasteiger partial charge is 0.292 e. The van der Waals surface area contributed by atoms with Crippen LogP contribution in [0.2, 0.25) is 0 Å². The molecule has 2 heterocycles. The van der Waals surface area contributed by atoms with Gasteiger partial charge in [-0.3, -0.25) is 15.1 Å². The van der Waals surface area contributed by atoms with Crippen molar-refractivity contribution in [1.82, 2.24) is 4.98 Å². The van der Waals surface area contributed by atoms with Crippen molar-refractivity contribution in [2.75, 3.05) is 5.32 Å². The zero-order valence-corrected chi connectivity index (χ0v) is 12.9. The van der Waals surface area contributed by atoms with Crippen molar-refractivity contribution in [3.8, 4) is 0 Å². The van der Waals surface area contributed by atoms with Crippen LogP contribution in [0.5, 0.6) is 0 Å². The predicted octanol–water partition coefficient (Wildman–Crippen LogP) is 3.93. The highest BCUT2D eigenvalue weighted by molar-refractivity contribution is 5.73. The van der Waals surface area contributed by atoms with Crippen LogP contribution in [-0.2, 0) is 5.41 Å². The Bertz CT molecular complexity index is 837. The molecule has 1 N–H and O–H groups in total. The number of allylic oxidation sites excluding steroid dienone is 1. The first-order valence-corrected chi connectivity index (χ1v) is 7.33. The van der Waals surface area contributed by atoms with Crippen LogP contribution in [0.15, 0.2) is 59.7 Å². The molecule has 0 bridgehead atoms. The summed E-state index contributed by atoms with van der Waals surface area (Å²) in [6.07, 6.45) is 5.01. The van der Waals surface area contributed by atoms with E-state index in [1.54, 1.807) is 49.4 Å². The molecule has 2 atom stereocenters. The van der Waals surface area contributed by atoms with Crippen LogP contribution in [0.3, 0.4) is 0 Å². The molecule has 7 heteroatoms. The van der Waals surface area contributed by atoms with Crippen LogP contribution in [0.25, 0.3) is 0 Å². The second-order valence-electron chi connectivity index (χ2n) is 5.60. The average molecular weight is 326 g/mol. The number of nitro benzene ring substituents is 1. The van der Waals surface area contributed by atoms with Crippen molar-refractivity contribution >= 4 is 23.4 Å². The summed E-state index contributed by atoms with van der Waals surface area (Å²) in [5.74, 6) is 0.401. The first kappa shape index (κ1) is 15.8. The number of halogens is 1. The molecule has 0 radical (unpaired) electrons. The highest BCUT2D eigenvalue weighted by atomic mass is 19.1. The van der Waals surface area contributed by atoms with E-state index in [-0.39, 0.29) is 5.69 Å². The Morgan fingerprint density at radius 2 is 2.12 bits per heavy atom. The van der Waals surface area contributed by atoms with Crippen molar-refractivity contribution < 1.29 is 9.31 Å². The van der Waals surface area contributed by atoms with Gasteiger partial charge in [-0.2, -0.15) is 0 Å². The Morgan fingerprint density at radius 3 is 2.88 bits per heavy atom. The van der Waals surface area contributed by atoms with Crippen LogP contribution in [0, 0.1) is 10.1 Å². The van der Waals surface area contributed by atoms with Gasteiger partial charge in [-0.05, 0) is 36.8 Å². The number of alkyl halides is 1.